The van der Waals surface area contributed by atoms with E-state index in [1.807, 2.05) is 37.8 Å². The van der Waals surface area contributed by atoms with Gasteiger partial charge in [0.25, 0.3) is 0 Å². The Morgan fingerprint density at radius 2 is 1.62 bits per heavy atom. The molecule has 132 valence electrons. The Hall–Kier alpha value is -1.84. The number of nitrogens with one attached hydrogen (secondary N) is 1. The lowest BCUT2D eigenvalue weighted by Crippen LogP contribution is -2.38. The van der Waals surface area contributed by atoms with E-state index < -0.39 is 0 Å². The summed E-state index contributed by atoms with van der Waals surface area (Å²) >= 11 is 0. The van der Waals surface area contributed by atoms with Gasteiger partial charge in [-0.05, 0) is 70.6 Å². The van der Waals surface area contributed by atoms with Gasteiger partial charge in [0.1, 0.15) is 0 Å². The van der Waals surface area contributed by atoms with Crippen LogP contribution in [0.2, 0.25) is 0 Å². The molecule has 0 bridgehead atoms. The molecule has 0 atom stereocenters. The monoisotopic (exact) mass is 330 g/mol. The minimum atomic E-state index is 0.0191. The van der Waals surface area contributed by atoms with Crippen LogP contribution in [0.5, 0.6) is 0 Å². The largest absolute Gasteiger partial charge is 0.343 e. The normalized spacial score (nSPS) is 20.5. The predicted octanol–water partition coefficient (Wildman–Crippen LogP) is 3.92. The highest BCUT2D eigenvalue weighted by atomic mass is 16.2. The smallest absolute Gasteiger partial charge is 0.227 e. The fraction of sp³-hybridized carbons (Fsp3) is 0.600. The van der Waals surface area contributed by atoms with E-state index in [4.69, 9.17) is 0 Å². The molecule has 1 saturated carbocycles. The van der Waals surface area contributed by atoms with Gasteiger partial charge in [0, 0.05) is 30.6 Å². The van der Waals surface area contributed by atoms with Crippen LogP contribution in [0.25, 0.3) is 0 Å². The number of rotatable bonds is 5. The molecule has 1 aromatic rings. The zero-order chi connectivity index (χ0) is 17.7. The van der Waals surface area contributed by atoms with Crippen LogP contribution >= 0.6 is 0 Å². The van der Waals surface area contributed by atoms with Gasteiger partial charge in [0.15, 0.2) is 0 Å². The highest BCUT2D eigenvalue weighted by Gasteiger charge is 2.31. The molecule has 2 rings (SSSR count). The Kier molecular flexibility index (Phi) is 6.41. The van der Waals surface area contributed by atoms with Crippen LogP contribution in [-0.4, -0.2) is 29.8 Å². The Morgan fingerprint density at radius 1 is 1.04 bits per heavy atom. The first kappa shape index (κ1) is 18.5. The van der Waals surface area contributed by atoms with Crippen LogP contribution in [-0.2, 0) is 9.59 Å². The predicted molar refractivity (Wildman–Crippen MR) is 97.9 cm³/mol. The summed E-state index contributed by atoms with van der Waals surface area (Å²) in [5.74, 6) is 0.464. The molecule has 0 heterocycles. The molecule has 1 N–H and O–H groups in total. The molecule has 0 unspecified atom stereocenters. The topological polar surface area (TPSA) is 49.4 Å². The number of hydrogen-bond donors (Lipinski definition) is 1. The highest BCUT2D eigenvalue weighted by molar-refractivity contribution is 5.93. The molecular formula is C20H30N2O2. The van der Waals surface area contributed by atoms with Gasteiger partial charge in [-0.25, -0.2) is 0 Å². The Morgan fingerprint density at radius 3 is 2.21 bits per heavy atom. The summed E-state index contributed by atoms with van der Waals surface area (Å²) in [7, 11) is 0. The van der Waals surface area contributed by atoms with E-state index in [1.54, 1.807) is 0 Å². The third-order valence-corrected chi connectivity index (χ3v) is 5.38. The zero-order valence-corrected chi connectivity index (χ0v) is 15.4. The van der Waals surface area contributed by atoms with Crippen LogP contribution in [0.4, 0.5) is 5.69 Å². The van der Waals surface area contributed by atoms with Crippen molar-refractivity contribution < 1.29 is 9.59 Å². The molecule has 1 fully saturated rings. The lowest BCUT2D eigenvalue weighted by Gasteiger charge is -2.30. The van der Waals surface area contributed by atoms with Crippen LogP contribution in [0.3, 0.4) is 0 Å². The van der Waals surface area contributed by atoms with Crippen LogP contribution in [0.1, 0.15) is 50.7 Å². The van der Waals surface area contributed by atoms with Crippen LogP contribution in [0.15, 0.2) is 18.2 Å². The van der Waals surface area contributed by atoms with E-state index in [9.17, 15) is 9.59 Å². The maximum atomic E-state index is 12.5. The van der Waals surface area contributed by atoms with E-state index in [1.165, 1.54) is 5.56 Å². The maximum absolute atomic E-state index is 12.5. The van der Waals surface area contributed by atoms with Gasteiger partial charge in [-0.15, -0.1) is 0 Å². The molecule has 0 aliphatic heterocycles. The van der Waals surface area contributed by atoms with Crippen molar-refractivity contribution in [3.8, 4) is 0 Å². The number of amides is 2. The van der Waals surface area contributed by atoms with Crippen LogP contribution < -0.4 is 5.32 Å². The van der Waals surface area contributed by atoms with Gasteiger partial charge < -0.3 is 10.2 Å². The number of carbonyl (C=O) groups excluding carboxylic acids is 2. The maximum Gasteiger partial charge on any atom is 0.227 e. The molecule has 0 radical (unpaired) electrons. The van der Waals surface area contributed by atoms with Gasteiger partial charge in [-0.2, -0.15) is 0 Å². The molecule has 2 amide bonds. The van der Waals surface area contributed by atoms with Gasteiger partial charge in [-0.3, -0.25) is 9.59 Å². The fourth-order valence-corrected chi connectivity index (χ4v) is 3.52. The molecule has 4 nitrogen and oxygen atoms in total. The molecule has 1 aliphatic rings. The summed E-state index contributed by atoms with van der Waals surface area (Å²) in [5, 5.41) is 3.08. The first-order chi connectivity index (χ1) is 11.5. The highest BCUT2D eigenvalue weighted by Crippen LogP contribution is 2.31. The van der Waals surface area contributed by atoms with Crippen molar-refractivity contribution in [2.24, 2.45) is 11.8 Å². The average molecular weight is 330 g/mol. The number of aryl methyl sites for hydroxylation is 1. The summed E-state index contributed by atoms with van der Waals surface area (Å²) in [5.41, 5.74) is 3.21. The molecule has 0 aromatic heterocycles. The lowest BCUT2D eigenvalue weighted by atomic mass is 9.81. The molecule has 0 spiro atoms. The minimum absolute atomic E-state index is 0.0191. The zero-order valence-electron chi connectivity index (χ0n) is 15.4. The Balaban J connectivity index is 1.91. The first-order valence-electron chi connectivity index (χ1n) is 9.13. The number of carbonyl (C=O) groups is 2. The van der Waals surface area contributed by atoms with E-state index in [2.05, 4.69) is 18.3 Å². The summed E-state index contributed by atoms with van der Waals surface area (Å²) in [6.07, 6.45) is 3.24. The fourth-order valence-electron chi connectivity index (χ4n) is 3.52. The van der Waals surface area contributed by atoms with Crippen LogP contribution in [0, 0.1) is 25.7 Å². The van der Waals surface area contributed by atoms with Crippen molar-refractivity contribution >= 4 is 17.5 Å². The van der Waals surface area contributed by atoms with Crippen molar-refractivity contribution in [3.63, 3.8) is 0 Å². The summed E-state index contributed by atoms with van der Waals surface area (Å²) in [6.45, 7) is 9.65. The Labute approximate surface area is 145 Å². The van der Waals surface area contributed by atoms with Crippen molar-refractivity contribution in [1.29, 1.82) is 0 Å². The summed E-state index contributed by atoms with van der Waals surface area (Å²) in [6, 6.07) is 5.97. The van der Waals surface area contributed by atoms with Crippen molar-refractivity contribution in [1.82, 2.24) is 4.90 Å². The van der Waals surface area contributed by atoms with Crippen molar-refractivity contribution in [2.45, 2.75) is 53.4 Å². The van der Waals surface area contributed by atoms with E-state index in [-0.39, 0.29) is 23.7 Å². The molecular weight excluding hydrogens is 300 g/mol. The third-order valence-electron chi connectivity index (χ3n) is 5.38. The molecule has 4 heteroatoms. The van der Waals surface area contributed by atoms with Crippen molar-refractivity contribution in [3.05, 3.63) is 29.3 Å². The minimum Gasteiger partial charge on any atom is -0.343 e. The number of hydrogen-bond acceptors (Lipinski definition) is 2. The molecule has 24 heavy (non-hydrogen) atoms. The number of nitrogens with zero attached hydrogens (tertiary/aromatic N) is 1. The first-order valence-corrected chi connectivity index (χ1v) is 9.13. The second kappa shape index (κ2) is 8.32. The second-order valence-corrected chi connectivity index (χ2v) is 6.80. The number of benzene rings is 1. The third kappa shape index (κ3) is 4.16. The SMILES string of the molecule is CCN(CC)C(=O)C1CCC(C(=O)Nc2cccc(C)c2C)CC1. The molecule has 0 saturated heterocycles. The van der Waals surface area contributed by atoms with Crippen molar-refractivity contribution in [2.75, 3.05) is 18.4 Å². The molecule has 1 aliphatic carbocycles. The standard InChI is InChI=1S/C20H30N2O2/c1-5-22(6-2)20(24)17-12-10-16(11-13-17)19(23)21-18-9-7-8-14(3)15(18)4/h7-9,16-17H,5-6,10-13H2,1-4H3,(H,21,23). The molecule has 1 aromatic carbocycles. The van der Waals surface area contributed by atoms with Gasteiger partial charge in [0.05, 0.1) is 0 Å². The average Bonchev–Trinajstić information content (AvgIpc) is 2.60. The quantitative estimate of drug-likeness (QED) is 0.889. The lowest BCUT2D eigenvalue weighted by molar-refractivity contribution is -0.137. The van der Waals surface area contributed by atoms with Gasteiger partial charge >= 0.3 is 0 Å². The second-order valence-electron chi connectivity index (χ2n) is 6.80. The summed E-state index contributed by atoms with van der Waals surface area (Å²) < 4.78 is 0. The Bertz CT molecular complexity index is 585. The summed E-state index contributed by atoms with van der Waals surface area (Å²) in [4.78, 5) is 26.9. The van der Waals surface area contributed by atoms with E-state index in [0.29, 0.717) is 0 Å². The number of anilines is 1. The van der Waals surface area contributed by atoms with E-state index >= 15 is 0 Å². The van der Waals surface area contributed by atoms with Gasteiger partial charge in [0.2, 0.25) is 11.8 Å². The van der Waals surface area contributed by atoms with Gasteiger partial charge in [-0.1, -0.05) is 12.1 Å². The van der Waals surface area contributed by atoms with E-state index in [0.717, 1.165) is 50.0 Å².